The fourth-order valence-corrected chi connectivity index (χ4v) is 1.78. The summed E-state index contributed by atoms with van der Waals surface area (Å²) in [5, 5.41) is 6.99. The van der Waals surface area contributed by atoms with Gasteiger partial charge in [-0.3, -0.25) is 5.41 Å². The van der Waals surface area contributed by atoms with Crippen LogP contribution in [0.3, 0.4) is 0 Å². The number of hydrogen-bond donors (Lipinski definition) is 2. The Morgan fingerprint density at radius 2 is 2.43 bits per heavy atom. The van der Waals surface area contributed by atoms with E-state index in [2.05, 4.69) is 4.98 Å². The van der Waals surface area contributed by atoms with Crippen molar-refractivity contribution in [2.24, 2.45) is 5.73 Å². The van der Waals surface area contributed by atoms with Gasteiger partial charge in [0.15, 0.2) is 0 Å². The molecule has 0 saturated heterocycles. The number of ether oxygens (including phenoxy) is 1. The maximum absolute atomic E-state index is 6.99. The molecule has 0 aliphatic carbocycles. The summed E-state index contributed by atoms with van der Waals surface area (Å²) in [7, 11) is 0. The lowest BCUT2D eigenvalue weighted by Gasteiger charge is -2.02. The summed E-state index contributed by atoms with van der Waals surface area (Å²) < 4.78 is 5.33. The van der Waals surface area contributed by atoms with Gasteiger partial charge in [0.25, 0.3) is 0 Å². The normalized spacial score (nSPS) is 10.4. The highest BCUT2D eigenvalue weighted by molar-refractivity contribution is 7.09. The molecular formula is C9H15N3OS. The summed E-state index contributed by atoms with van der Waals surface area (Å²) in [5.41, 5.74) is 8.12. The summed E-state index contributed by atoms with van der Waals surface area (Å²) in [5.74, 6) is 0.180. The summed E-state index contributed by atoms with van der Waals surface area (Å²) >= 11 is 1.66. The van der Waals surface area contributed by atoms with Crippen molar-refractivity contribution in [3.8, 4) is 0 Å². The Labute approximate surface area is 87.6 Å². The highest BCUT2D eigenvalue weighted by atomic mass is 32.1. The van der Waals surface area contributed by atoms with Gasteiger partial charge in [-0.05, 0) is 6.92 Å². The Morgan fingerprint density at radius 1 is 1.64 bits per heavy atom. The fraction of sp³-hybridized carbons (Fsp3) is 0.556. The molecule has 0 spiro atoms. The van der Waals surface area contributed by atoms with Crippen molar-refractivity contribution < 1.29 is 4.74 Å². The molecule has 78 valence electrons. The molecule has 0 aliphatic heterocycles. The van der Waals surface area contributed by atoms with Gasteiger partial charge in [0.2, 0.25) is 0 Å². The van der Waals surface area contributed by atoms with E-state index in [0.29, 0.717) is 19.6 Å². The maximum Gasteiger partial charge on any atom is 0.0928 e. The van der Waals surface area contributed by atoms with Crippen LogP contribution in [-0.2, 0) is 11.2 Å². The van der Waals surface area contributed by atoms with E-state index in [1.807, 2.05) is 12.4 Å². The molecule has 0 saturated carbocycles. The largest absolute Gasteiger partial charge is 0.388 e. The molecule has 0 aromatic carbocycles. The Morgan fingerprint density at radius 3 is 3.00 bits per heavy atom. The van der Waals surface area contributed by atoms with Crippen molar-refractivity contribution in [2.75, 3.05) is 13.2 Å². The predicted molar refractivity (Wildman–Crippen MR) is 57.9 cm³/mol. The molecule has 1 aromatic heterocycles. The second-order valence-corrected chi connectivity index (χ2v) is 3.94. The van der Waals surface area contributed by atoms with Gasteiger partial charge < -0.3 is 10.5 Å². The van der Waals surface area contributed by atoms with Crippen LogP contribution in [0.15, 0.2) is 5.51 Å². The van der Waals surface area contributed by atoms with Crippen LogP contribution in [0, 0.1) is 12.3 Å². The molecule has 0 amide bonds. The standard InChI is InChI=1S/C9H15N3OS/c1-7-8(14-6-12-7)2-4-13-5-3-9(10)11/h6H,2-5H2,1H3,(H3,10,11). The minimum atomic E-state index is 0.180. The van der Waals surface area contributed by atoms with Crippen molar-refractivity contribution in [2.45, 2.75) is 19.8 Å². The topological polar surface area (TPSA) is 72.0 Å². The third-order valence-corrected chi connectivity index (χ3v) is 2.83. The lowest BCUT2D eigenvalue weighted by Crippen LogP contribution is -2.13. The van der Waals surface area contributed by atoms with E-state index in [1.165, 1.54) is 4.88 Å². The van der Waals surface area contributed by atoms with Crippen LogP contribution in [0.4, 0.5) is 0 Å². The fourth-order valence-electron chi connectivity index (χ4n) is 1.02. The van der Waals surface area contributed by atoms with Crippen molar-refractivity contribution in [3.63, 3.8) is 0 Å². The summed E-state index contributed by atoms with van der Waals surface area (Å²) in [6.07, 6.45) is 1.41. The lowest BCUT2D eigenvalue weighted by molar-refractivity contribution is 0.144. The van der Waals surface area contributed by atoms with E-state index in [9.17, 15) is 0 Å². The smallest absolute Gasteiger partial charge is 0.0928 e. The van der Waals surface area contributed by atoms with Crippen molar-refractivity contribution in [1.82, 2.24) is 4.98 Å². The van der Waals surface area contributed by atoms with Crippen LogP contribution in [0.5, 0.6) is 0 Å². The first-order valence-electron chi connectivity index (χ1n) is 4.49. The molecule has 14 heavy (non-hydrogen) atoms. The van der Waals surface area contributed by atoms with E-state index in [1.54, 1.807) is 11.3 Å². The van der Waals surface area contributed by atoms with Crippen molar-refractivity contribution in [1.29, 1.82) is 5.41 Å². The van der Waals surface area contributed by atoms with Gasteiger partial charge in [-0.1, -0.05) is 0 Å². The van der Waals surface area contributed by atoms with Gasteiger partial charge in [0.1, 0.15) is 0 Å². The van der Waals surface area contributed by atoms with Gasteiger partial charge in [-0.25, -0.2) is 4.98 Å². The van der Waals surface area contributed by atoms with E-state index < -0.39 is 0 Å². The van der Waals surface area contributed by atoms with Crippen LogP contribution in [0.2, 0.25) is 0 Å². The van der Waals surface area contributed by atoms with Gasteiger partial charge in [-0.15, -0.1) is 11.3 Å². The molecule has 0 atom stereocenters. The van der Waals surface area contributed by atoms with Gasteiger partial charge in [-0.2, -0.15) is 0 Å². The number of hydrogen-bond acceptors (Lipinski definition) is 4. The number of nitrogens with one attached hydrogen (secondary N) is 1. The second kappa shape index (κ2) is 5.72. The van der Waals surface area contributed by atoms with E-state index >= 15 is 0 Å². The Hall–Kier alpha value is -0.940. The van der Waals surface area contributed by atoms with Crippen LogP contribution in [0.1, 0.15) is 17.0 Å². The highest BCUT2D eigenvalue weighted by Gasteiger charge is 2.00. The first-order chi connectivity index (χ1) is 6.70. The number of aromatic nitrogens is 1. The zero-order valence-electron chi connectivity index (χ0n) is 8.25. The van der Waals surface area contributed by atoms with E-state index in [0.717, 1.165) is 12.1 Å². The first kappa shape index (κ1) is 11.1. The number of nitrogens with two attached hydrogens (primary N) is 1. The molecule has 1 heterocycles. The SMILES string of the molecule is Cc1ncsc1CCOCCC(=N)N. The molecule has 5 heteroatoms. The summed E-state index contributed by atoms with van der Waals surface area (Å²) in [6, 6.07) is 0. The van der Waals surface area contributed by atoms with Gasteiger partial charge in [0.05, 0.1) is 30.3 Å². The lowest BCUT2D eigenvalue weighted by atomic mass is 10.3. The number of thiazole rings is 1. The quantitative estimate of drug-likeness (QED) is 0.425. The van der Waals surface area contributed by atoms with Crippen LogP contribution < -0.4 is 5.73 Å². The molecule has 0 fully saturated rings. The number of amidine groups is 1. The number of aryl methyl sites for hydroxylation is 1. The molecule has 4 nitrogen and oxygen atoms in total. The Bertz CT molecular complexity index is 298. The minimum absolute atomic E-state index is 0.180. The van der Waals surface area contributed by atoms with Crippen LogP contribution in [0.25, 0.3) is 0 Å². The number of rotatable bonds is 6. The van der Waals surface area contributed by atoms with Gasteiger partial charge >= 0.3 is 0 Å². The zero-order chi connectivity index (χ0) is 10.4. The minimum Gasteiger partial charge on any atom is -0.388 e. The van der Waals surface area contributed by atoms with Crippen LogP contribution >= 0.6 is 11.3 Å². The molecule has 0 unspecified atom stereocenters. The molecule has 1 rings (SSSR count). The maximum atomic E-state index is 6.99. The van der Waals surface area contributed by atoms with Crippen LogP contribution in [-0.4, -0.2) is 24.0 Å². The molecule has 3 N–H and O–H groups in total. The molecule has 1 aromatic rings. The number of nitrogens with zero attached hydrogens (tertiary/aromatic N) is 1. The Balaban J connectivity index is 2.10. The highest BCUT2D eigenvalue weighted by Crippen LogP contribution is 2.12. The molecule has 0 bridgehead atoms. The average Bonchev–Trinajstić information content (AvgIpc) is 2.51. The third kappa shape index (κ3) is 3.85. The summed E-state index contributed by atoms with van der Waals surface area (Å²) in [6.45, 7) is 3.21. The van der Waals surface area contributed by atoms with E-state index in [-0.39, 0.29) is 5.84 Å². The summed E-state index contributed by atoms with van der Waals surface area (Å²) in [4.78, 5) is 5.42. The Kier molecular flexibility index (Phi) is 4.55. The average molecular weight is 213 g/mol. The van der Waals surface area contributed by atoms with Crippen molar-refractivity contribution >= 4 is 17.2 Å². The van der Waals surface area contributed by atoms with Gasteiger partial charge in [0, 0.05) is 17.7 Å². The third-order valence-electron chi connectivity index (χ3n) is 1.83. The second-order valence-electron chi connectivity index (χ2n) is 3.00. The van der Waals surface area contributed by atoms with Crippen molar-refractivity contribution in [3.05, 3.63) is 16.1 Å². The first-order valence-corrected chi connectivity index (χ1v) is 5.37. The molecular weight excluding hydrogens is 198 g/mol. The zero-order valence-corrected chi connectivity index (χ0v) is 9.06. The monoisotopic (exact) mass is 213 g/mol. The molecule has 0 aliphatic rings. The predicted octanol–water partition coefficient (Wildman–Crippen LogP) is 1.34. The molecule has 0 radical (unpaired) electrons. The van der Waals surface area contributed by atoms with E-state index in [4.69, 9.17) is 15.9 Å².